The lowest BCUT2D eigenvalue weighted by atomic mass is 9.95. The number of amides is 1. The van der Waals surface area contributed by atoms with E-state index >= 15 is 0 Å². The number of hydrogen-bond donors (Lipinski definition) is 1. The second kappa shape index (κ2) is 6.87. The molecule has 1 aliphatic heterocycles. The van der Waals surface area contributed by atoms with E-state index in [0.717, 1.165) is 13.0 Å². The standard InChI is InChI=1S/C18H21N3O2/c1-12-16(11-19-13(2)21-12)18(22)20-10-15-8-9-23-17(15)14-6-4-3-5-7-14/h3-7,11,15,17H,8-10H2,1-2H3,(H,20,22)/t15-,17-/m1/s1. The molecule has 1 aromatic heterocycles. The molecule has 5 nitrogen and oxygen atoms in total. The van der Waals surface area contributed by atoms with Crippen LogP contribution in [0, 0.1) is 19.8 Å². The van der Waals surface area contributed by atoms with Crippen LogP contribution in [0.5, 0.6) is 0 Å². The highest BCUT2D eigenvalue weighted by Crippen LogP contribution is 2.33. The van der Waals surface area contributed by atoms with Crippen molar-refractivity contribution in [3.8, 4) is 0 Å². The molecule has 0 bridgehead atoms. The lowest BCUT2D eigenvalue weighted by Crippen LogP contribution is -2.31. The number of ether oxygens (including phenoxy) is 1. The van der Waals surface area contributed by atoms with Gasteiger partial charge in [-0.15, -0.1) is 0 Å². The number of rotatable bonds is 4. The summed E-state index contributed by atoms with van der Waals surface area (Å²) in [5.41, 5.74) is 2.40. The van der Waals surface area contributed by atoms with Crippen LogP contribution in [0.15, 0.2) is 36.5 Å². The molecule has 2 atom stereocenters. The number of nitrogens with zero attached hydrogens (tertiary/aromatic N) is 2. The van der Waals surface area contributed by atoms with Gasteiger partial charge in [0, 0.05) is 25.3 Å². The Labute approximate surface area is 136 Å². The summed E-state index contributed by atoms with van der Waals surface area (Å²) in [5.74, 6) is 0.835. The quantitative estimate of drug-likeness (QED) is 0.942. The summed E-state index contributed by atoms with van der Waals surface area (Å²) in [6.07, 6.45) is 2.59. The highest BCUT2D eigenvalue weighted by atomic mass is 16.5. The summed E-state index contributed by atoms with van der Waals surface area (Å²) < 4.78 is 5.85. The first kappa shape index (κ1) is 15.6. The van der Waals surface area contributed by atoms with E-state index in [4.69, 9.17) is 4.74 Å². The monoisotopic (exact) mass is 311 g/mol. The van der Waals surface area contributed by atoms with E-state index in [1.54, 1.807) is 6.20 Å². The van der Waals surface area contributed by atoms with Crippen LogP contribution in [0.1, 0.15) is 40.0 Å². The maximum atomic E-state index is 12.3. The molecule has 3 rings (SSSR count). The molecule has 1 aromatic carbocycles. The summed E-state index contributed by atoms with van der Waals surface area (Å²) in [5, 5.41) is 3.00. The zero-order chi connectivity index (χ0) is 16.2. The van der Waals surface area contributed by atoms with E-state index < -0.39 is 0 Å². The van der Waals surface area contributed by atoms with Crippen molar-refractivity contribution in [1.82, 2.24) is 15.3 Å². The number of hydrogen-bond acceptors (Lipinski definition) is 4. The van der Waals surface area contributed by atoms with Gasteiger partial charge in [-0.05, 0) is 25.8 Å². The zero-order valence-electron chi connectivity index (χ0n) is 13.5. The maximum Gasteiger partial charge on any atom is 0.254 e. The Morgan fingerprint density at radius 3 is 2.83 bits per heavy atom. The smallest absolute Gasteiger partial charge is 0.254 e. The van der Waals surface area contributed by atoms with E-state index in [0.29, 0.717) is 23.6 Å². The Hall–Kier alpha value is -2.27. The second-order valence-electron chi connectivity index (χ2n) is 5.88. The molecule has 2 heterocycles. The molecule has 1 saturated heterocycles. The Morgan fingerprint density at radius 1 is 1.30 bits per heavy atom. The van der Waals surface area contributed by atoms with E-state index in [9.17, 15) is 4.79 Å². The molecule has 1 fully saturated rings. The van der Waals surface area contributed by atoms with Gasteiger partial charge in [-0.1, -0.05) is 30.3 Å². The molecule has 0 radical (unpaired) electrons. The topological polar surface area (TPSA) is 64.1 Å². The first-order valence-corrected chi connectivity index (χ1v) is 7.90. The lowest BCUT2D eigenvalue weighted by molar-refractivity contribution is 0.0845. The highest BCUT2D eigenvalue weighted by molar-refractivity contribution is 5.94. The van der Waals surface area contributed by atoms with Gasteiger partial charge < -0.3 is 10.1 Å². The molecule has 0 aliphatic carbocycles. The number of benzene rings is 1. The first-order chi connectivity index (χ1) is 11.1. The van der Waals surface area contributed by atoms with Gasteiger partial charge >= 0.3 is 0 Å². The number of aryl methyl sites for hydroxylation is 2. The normalized spacial score (nSPS) is 20.4. The average molecular weight is 311 g/mol. The molecule has 1 aliphatic rings. The summed E-state index contributed by atoms with van der Waals surface area (Å²) in [6.45, 7) is 4.96. The number of carbonyl (C=O) groups is 1. The van der Waals surface area contributed by atoms with Crippen molar-refractivity contribution < 1.29 is 9.53 Å². The van der Waals surface area contributed by atoms with Crippen LogP contribution in [0.25, 0.3) is 0 Å². The lowest BCUT2D eigenvalue weighted by Gasteiger charge is -2.19. The molecule has 23 heavy (non-hydrogen) atoms. The average Bonchev–Trinajstić information content (AvgIpc) is 3.02. The molecule has 0 saturated carbocycles. The maximum absolute atomic E-state index is 12.3. The highest BCUT2D eigenvalue weighted by Gasteiger charge is 2.29. The minimum atomic E-state index is -0.124. The zero-order valence-corrected chi connectivity index (χ0v) is 13.5. The van der Waals surface area contributed by atoms with Crippen LogP contribution in [0.4, 0.5) is 0 Å². The van der Waals surface area contributed by atoms with Crippen molar-refractivity contribution in [2.75, 3.05) is 13.2 Å². The van der Waals surface area contributed by atoms with Crippen LogP contribution in [-0.2, 0) is 4.74 Å². The molecule has 120 valence electrons. The summed E-state index contributed by atoms with van der Waals surface area (Å²) in [4.78, 5) is 20.7. The minimum Gasteiger partial charge on any atom is -0.373 e. The van der Waals surface area contributed by atoms with Gasteiger partial charge in [0.1, 0.15) is 5.82 Å². The molecule has 5 heteroatoms. The van der Waals surface area contributed by atoms with Crippen LogP contribution >= 0.6 is 0 Å². The van der Waals surface area contributed by atoms with Gasteiger partial charge in [0.15, 0.2) is 0 Å². The predicted molar refractivity (Wildman–Crippen MR) is 87.1 cm³/mol. The summed E-state index contributed by atoms with van der Waals surface area (Å²) >= 11 is 0. The van der Waals surface area contributed by atoms with Crippen molar-refractivity contribution >= 4 is 5.91 Å². The second-order valence-corrected chi connectivity index (χ2v) is 5.88. The van der Waals surface area contributed by atoms with Gasteiger partial charge in [0.2, 0.25) is 0 Å². The van der Waals surface area contributed by atoms with Gasteiger partial charge in [-0.2, -0.15) is 0 Å². The molecule has 0 spiro atoms. The molecular formula is C18H21N3O2. The number of nitrogens with one attached hydrogen (secondary N) is 1. The van der Waals surface area contributed by atoms with Crippen molar-refractivity contribution in [3.63, 3.8) is 0 Å². The Bertz CT molecular complexity index is 688. The minimum absolute atomic E-state index is 0.0480. The fourth-order valence-corrected chi connectivity index (χ4v) is 2.98. The Morgan fingerprint density at radius 2 is 2.09 bits per heavy atom. The third-order valence-corrected chi connectivity index (χ3v) is 4.21. The summed E-state index contributed by atoms with van der Waals surface area (Å²) in [7, 11) is 0. The number of carbonyl (C=O) groups excluding carboxylic acids is 1. The first-order valence-electron chi connectivity index (χ1n) is 7.90. The molecule has 1 N–H and O–H groups in total. The summed E-state index contributed by atoms with van der Waals surface area (Å²) in [6, 6.07) is 10.2. The van der Waals surface area contributed by atoms with E-state index in [2.05, 4.69) is 27.4 Å². The van der Waals surface area contributed by atoms with E-state index in [1.807, 2.05) is 32.0 Å². The Kier molecular flexibility index (Phi) is 4.67. The van der Waals surface area contributed by atoms with Crippen molar-refractivity contribution in [2.24, 2.45) is 5.92 Å². The number of aromatic nitrogens is 2. The third kappa shape index (κ3) is 3.56. The van der Waals surface area contributed by atoms with Gasteiger partial charge in [0.25, 0.3) is 5.91 Å². The van der Waals surface area contributed by atoms with Crippen molar-refractivity contribution in [1.29, 1.82) is 0 Å². The SMILES string of the molecule is Cc1ncc(C(=O)NC[C@H]2CCO[C@@H]2c2ccccc2)c(C)n1. The van der Waals surface area contributed by atoms with Crippen molar-refractivity contribution in [2.45, 2.75) is 26.4 Å². The van der Waals surface area contributed by atoms with Crippen molar-refractivity contribution in [3.05, 3.63) is 59.2 Å². The molecule has 1 amide bonds. The fraction of sp³-hybridized carbons (Fsp3) is 0.389. The fourth-order valence-electron chi connectivity index (χ4n) is 2.98. The van der Waals surface area contributed by atoms with Crippen LogP contribution in [-0.4, -0.2) is 29.0 Å². The predicted octanol–water partition coefficient (Wildman–Crippen LogP) is 2.60. The molecule has 0 unspecified atom stereocenters. The van der Waals surface area contributed by atoms with Gasteiger partial charge in [-0.3, -0.25) is 4.79 Å². The molecule has 2 aromatic rings. The van der Waals surface area contributed by atoms with Crippen LogP contribution in [0.2, 0.25) is 0 Å². The van der Waals surface area contributed by atoms with E-state index in [-0.39, 0.29) is 17.9 Å². The third-order valence-electron chi connectivity index (χ3n) is 4.21. The van der Waals surface area contributed by atoms with Gasteiger partial charge in [0.05, 0.1) is 17.4 Å². The van der Waals surface area contributed by atoms with E-state index in [1.165, 1.54) is 5.56 Å². The largest absolute Gasteiger partial charge is 0.373 e. The van der Waals surface area contributed by atoms with Crippen LogP contribution < -0.4 is 5.32 Å². The van der Waals surface area contributed by atoms with Crippen LogP contribution in [0.3, 0.4) is 0 Å². The molecular weight excluding hydrogens is 290 g/mol. The Balaban J connectivity index is 1.64. The van der Waals surface area contributed by atoms with Gasteiger partial charge in [-0.25, -0.2) is 9.97 Å².